The number of hydrogen-bond donors (Lipinski definition) is 1. The highest BCUT2D eigenvalue weighted by Gasteiger charge is 2.27. The van der Waals surface area contributed by atoms with E-state index in [1.807, 2.05) is 4.90 Å². The molecule has 1 heterocycles. The number of para-hydroxylation sites is 1. The molecule has 0 spiro atoms. The molecule has 2 N–H and O–H groups in total. The van der Waals surface area contributed by atoms with Crippen LogP contribution in [0.1, 0.15) is 20.8 Å². The molecule has 0 radical (unpaired) electrons. The van der Waals surface area contributed by atoms with Crippen LogP contribution >= 0.6 is 0 Å². The van der Waals surface area contributed by atoms with E-state index in [-0.39, 0.29) is 11.4 Å². The first-order valence-corrected chi connectivity index (χ1v) is 6.43. The predicted molar refractivity (Wildman–Crippen MR) is 74.4 cm³/mol. The van der Waals surface area contributed by atoms with Crippen molar-refractivity contribution in [2.75, 3.05) is 36.8 Å². The van der Waals surface area contributed by atoms with Crippen molar-refractivity contribution in [3.05, 3.63) is 24.0 Å². The summed E-state index contributed by atoms with van der Waals surface area (Å²) in [5.74, 6) is -0.223. The SMILES string of the molecule is CC(C)(C)N1CCN(c2c(N)cccc2F)CC1. The van der Waals surface area contributed by atoms with Crippen LogP contribution in [-0.4, -0.2) is 36.6 Å². The Kier molecular flexibility index (Phi) is 3.48. The normalized spacial score (nSPS) is 18.1. The van der Waals surface area contributed by atoms with Gasteiger partial charge in [-0.3, -0.25) is 4.90 Å². The molecule has 1 aliphatic rings. The van der Waals surface area contributed by atoms with Crippen molar-refractivity contribution in [2.24, 2.45) is 0 Å². The molecule has 0 bridgehead atoms. The summed E-state index contributed by atoms with van der Waals surface area (Å²) in [6.07, 6.45) is 0. The molecule has 4 heteroatoms. The van der Waals surface area contributed by atoms with E-state index in [9.17, 15) is 4.39 Å². The summed E-state index contributed by atoms with van der Waals surface area (Å²) < 4.78 is 13.8. The van der Waals surface area contributed by atoms with Crippen molar-refractivity contribution >= 4 is 11.4 Å². The fourth-order valence-electron chi connectivity index (χ4n) is 2.47. The van der Waals surface area contributed by atoms with Gasteiger partial charge in [0, 0.05) is 31.7 Å². The number of nitrogens with zero attached hydrogens (tertiary/aromatic N) is 2. The van der Waals surface area contributed by atoms with Gasteiger partial charge in [-0.05, 0) is 32.9 Å². The summed E-state index contributed by atoms with van der Waals surface area (Å²) in [5, 5.41) is 0. The second-order valence-electron chi connectivity index (χ2n) is 5.82. The van der Waals surface area contributed by atoms with Crippen LogP contribution in [-0.2, 0) is 0 Å². The van der Waals surface area contributed by atoms with Crippen LogP contribution in [0.5, 0.6) is 0 Å². The predicted octanol–water partition coefficient (Wildman–Crippen LogP) is 2.33. The number of nitrogen functional groups attached to an aromatic ring is 1. The van der Waals surface area contributed by atoms with E-state index < -0.39 is 0 Å². The molecule has 1 fully saturated rings. The topological polar surface area (TPSA) is 32.5 Å². The Morgan fingerprint density at radius 2 is 1.72 bits per heavy atom. The van der Waals surface area contributed by atoms with Gasteiger partial charge in [-0.15, -0.1) is 0 Å². The number of nitrogens with two attached hydrogens (primary N) is 1. The lowest BCUT2D eigenvalue weighted by atomic mass is 10.0. The largest absolute Gasteiger partial charge is 0.397 e. The Morgan fingerprint density at radius 3 is 2.22 bits per heavy atom. The van der Waals surface area contributed by atoms with E-state index in [0.717, 1.165) is 26.2 Å². The first-order chi connectivity index (χ1) is 8.39. The van der Waals surface area contributed by atoms with E-state index in [1.165, 1.54) is 6.07 Å². The van der Waals surface area contributed by atoms with Gasteiger partial charge in [0.1, 0.15) is 5.82 Å². The van der Waals surface area contributed by atoms with Gasteiger partial charge in [-0.1, -0.05) is 6.07 Å². The van der Waals surface area contributed by atoms with Gasteiger partial charge >= 0.3 is 0 Å². The minimum absolute atomic E-state index is 0.173. The van der Waals surface area contributed by atoms with Gasteiger partial charge in [-0.25, -0.2) is 4.39 Å². The molecule has 1 aliphatic heterocycles. The Bertz CT molecular complexity index is 397. The Balaban J connectivity index is 2.11. The highest BCUT2D eigenvalue weighted by atomic mass is 19.1. The van der Waals surface area contributed by atoms with Crippen LogP contribution in [0, 0.1) is 5.82 Å². The highest BCUT2D eigenvalue weighted by Crippen LogP contribution is 2.28. The monoisotopic (exact) mass is 251 g/mol. The molecular weight excluding hydrogens is 229 g/mol. The van der Waals surface area contributed by atoms with Crippen molar-refractivity contribution in [2.45, 2.75) is 26.3 Å². The second-order valence-corrected chi connectivity index (χ2v) is 5.82. The van der Waals surface area contributed by atoms with Gasteiger partial charge < -0.3 is 10.6 Å². The lowest BCUT2D eigenvalue weighted by Gasteiger charge is -2.43. The van der Waals surface area contributed by atoms with Crippen LogP contribution in [0.2, 0.25) is 0 Å². The zero-order valence-electron chi connectivity index (χ0n) is 11.4. The molecular formula is C14H22FN3. The average molecular weight is 251 g/mol. The molecule has 0 aromatic heterocycles. The number of rotatable bonds is 1. The van der Waals surface area contributed by atoms with Gasteiger partial charge in [0.15, 0.2) is 0 Å². The summed E-state index contributed by atoms with van der Waals surface area (Å²) in [7, 11) is 0. The van der Waals surface area contributed by atoms with Gasteiger partial charge in [-0.2, -0.15) is 0 Å². The van der Waals surface area contributed by atoms with E-state index >= 15 is 0 Å². The molecule has 0 amide bonds. The zero-order valence-corrected chi connectivity index (χ0v) is 11.4. The van der Waals surface area contributed by atoms with Gasteiger partial charge in [0.2, 0.25) is 0 Å². The minimum atomic E-state index is -0.223. The van der Waals surface area contributed by atoms with Crippen LogP contribution in [0.3, 0.4) is 0 Å². The Labute approximate surface area is 108 Å². The maximum absolute atomic E-state index is 13.8. The Morgan fingerprint density at radius 1 is 1.11 bits per heavy atom. The standard InChI is InChI=1S/C14H22FN3/c1-14(2,3)18-9-7-17(8-10-18)13-11(15)5-4-6-12(13)16/h4-6H,7-10,16H2,1-3H3. The first-order valence-electron chi connectivity index (χ1n) is 6.43. The van der Waals surface area contributed by atoms with Crippen LogP contribution < -0.4 is 10.6 Å². The highest BCUT2D eigenvalue weighted by molar-refractivity contribution is 5.68. The van der Waals surface area contributed by atoms with E-state index in [2.05, 4.69) is 25.7 Å². The number of hydrogen-bond acceptors (Lipinski definition) is 3. The summed E-state index contributed by atoms with van der Waals surface area (Å²) >= 11 is 0. The fourth-order valence-corrected chi connectivity index (χ4v) is 2.47. The number of benzene rings is 1. The molecule has 3 nitrogen and oxygen atoms in total. The molecule has 0 atom stereocenters. The second kappa shape index (κ2) is 4.76. The zero-order chi connectivity index (χ0) is 13.3. The van der Waals surface area contributed by atoms with Gasteiger partial charge in [0.25, 0.3) is 0 Å². The molecule has 1 aromatic rings. The lowest BCUT2D eigenvalue weighted by molar-refractivity contribution is 0.128. The third-order valence-corrected chi connectivity index (χ3v) is 3.56. The van der Waals surface area contributed by atoms with E-state index in [4.69, 9.17) is 5.73 Å². The summed E-state index contributed by atoms with van der Waals surface area (Å²) in [5.41, 5.74) is 7.14. The number of halogens is 1. The smallest absolute Gasteiger partial charge is 0.148 e. The molecule has 0 unspecified atom stereocenters. The van der Waals surface area contributed by atoms with Crippen molar-refractivity contribution in [1.29, 1.82) is 0 Å². The number of anilines is 2. The van der Waals surface area contributed by atoms with Crippen molar-refractivity contribution < 1.29 is 4.39 Å². The fraction of sp³-hybridized carbons (Fsp3) is 0.571. The molecule has 2 rings (SSSR count). The van der Waals surface area contributed by atoms with Crippen molar-refractivity contribution in [3.63, 3.8) is 0 Å². The lowest BCUT2D eigenvalue weighted by Crippen LogP contribution is -2.53. The molecule has 0 saturated carbocycles. The molecule has 1 saturated heterocycles. The van der Waals surface area contributed by atoms with Crippen LogP contribution in [0.15, 0.2) is 18.2 Å². The third-order valence-electron chi connectivity index (χ3n) is 3.56. The summed E-state index contributed by atoms with van der Waals surface area (Å²) in [4.78, 5) is 4.47. The maximum Gasteiger partial charge on any atom is 0.148 e. The maximum atomic E-state index is 13.8. The quantitative estimate of drug-likeness (QED) is 0.778. The number of piperazine rings is 1. The molecule has 0 aliphatic carbocycles. The van der Waals surface area contributed by atoms with Crippen LogP contribution in [0.4, 0.5) is 15.8 Å². The van der Waals surface area contributed by atoms with E-state index in [0.29, 0.717) is 11.4 Å². The Hall–Kier alpha value is -1.29. The van der Waals surface area contributed by atoms with Crippen molar-refractivity contribution in [3.8, 4) is 0 Å². The summed E-state index contributed by atoms with van der Waals surface area (Å²) in [6.45, 7) is 10.2. The van der Waals surface area contributed by atoms with Crippen molar-refractivity contribution in [1.82, 2.24) is 4.90 Å². The summed E-state index contributed by atoms with van der Waals surface area (Å²) in [6, 6.07) is 4.88. The molecule has 1 aromatic carbocycles. The van der Waals surface area contributed by atoms with Crippen LogP contribution in [0.25, 0.3) is 0 Å². The molecule has 100 valence electrons. The average Bonchev–Trinajstić information content (AvgIpc) is 2.28. The third kappa shape index (κ3) is 2.58. The first kappa shape index (κ1) is 13.1. The van der Waals surface area contributed by atoms with E-state index in [1.54, 1.807) is 12.1 Å². The minimum Gasteiger partial charge on any atom is -0.397 e. The molecule has 18 heavy (non-hydrogen) atoms. The van der Waals surface area contributed by atoms with Gasteiger partial charge in [0.05, 0.1) is 11.4 Å².